The van der Waals surface area contributed by atoms with Crippen molar-refractivity contribution >= 4 is 52.8 Å². The monoisotopic (exact) mass is 497 g/mol. The van der Waals surface area contributed by atoms with Gasteiger partial charge in [0.1, 0.15) is 11.3 Å². The van der Waals surface area contributed by atoms with E-state index in [0.29, 0.717) is 32.6 Å². The number of anilines is 1. The molecule has 174 valence electrons. The molecule has 0 atom stereocenters. The molecule has 1 aliphatic rings. The van der Waals surface area contributed by atoms with Crippen molar-refractivity contribution in [3.05, 3.63) is 80.6 Å². The van der Waals surface area contributed by atoms with E-state index in [4.69, 9.17) is 27.9 Å². The first kappa shape index (κ1) is 23.6. The third kappa shape index (κ3) is 3.97. The fourth-order valence-electron chi connectivity index (χ4n) is 4.01. The molecule has 0 saturated carbocycles. The summed E-state index contributed by atoms with van der Waals surface area (Å²) in [5.74, 6) is -0.884. The average molecular weight is 498 g/mol. The minimum atomic E-state index is -0.827. The van der Waals surface area contributed by atoms with Gasteiger partial charge in [-0.05, 0) is 74.4 Å². The van der Waals surface area contributed by atoms with Crippen molar-refractivity contribution in [3.63, 3.8) is 0 Å². The summed E-state index contributed by atoms with van der Waals surface area (Å²) in [6.45, 7) is 5.45. The maximum absolute atomic E-state index is 13.3. The SMILES string of the molecule is COc1ccc(Cl)cc1-n1c(C)cc(/C=C2\C(=O)NC(=O)N(c3cccc(Cl)c3C)C2=O)c1C. The van der Waals surface area contributed by atoms with Crippen molar-refractivity contribution < 1.29 is 19.1 Å². The Morgan fingerprint density at radius 3 is 2.41 bits per heavy atom. The second-order valence-corrected chi connectivity index (χ2v) is 8.66. The molecular formula is C25H21Cl2N3O4. The van der Waals surface area contributed by atoms with E-state index in [2.05, 4.69) is 5.32 Å². The summed E-state index contributed by atoms with van der Waals surface area (Å²) in [7, 11) is 1.57. The second kappa shape index (κ2) is 9.00. The van der Waals surface area contributed by atoms with Gasteiger partial charge in [0.25, 0.3) is 11.8 Å². The molecule has 4 rings (SSSR count). The molecule has 1 aromatic heterocycles. The number of carbonyl (C=O) groups excluding carboxylic acids is 3. The van der Waals surface area contributed by atoms with Crippen LogP contribution in [0, 0.1) is 20.8 Å². The van der Waals surface area contributed by atoms with E-state index in [1.807, 2.05) is 24.5 Å². The Labute approximate surface area is 206 Å². The molecule has 0 radical (unpaired) electrons. The van der Waals surface area contributed by atoms with Crippen LogP contribution in [0.1, 0.15) is 22.5 Å². The van der Waals surface area contributed by atoms with Crippen LogP contribution in [0.4, 0.5) is 10.5 Å². The zero-order chi connectivity index (χ0) is 24.7. The minimum Gasteiger partial charge on any atom is -0.495 e. The molecule has 7 nitrogen and oxygen atoms in total. The molecule has 4 amide bonds. The highest BCUT2D eigenvalue weighted by Gasteiger charge is 2.37. The van der Waals surface area contributed by atoms with Crippen molar-refractivity contribution in [2.75, 3.05) is 12.0 Å². The molecule has 1 saturated heterocycles. The average Bonchev–Trinajstić information content (AvgIpc) is 3.06. The van der Waals surface area contributed by atoms with Gasteiger partial charge in [-0.25, -0.2) is 9.69 Å². The van der Waals surface area contributed by atoms with Gasteiger partial charge >= 0.3 is 6.03 Å². The molecular weight excluding hydrogens is 477 g/mol. The van der Waals surface area contributed by atoms with E-state index in [0.717, 1.165) is 22.0 Å². The highest BCUT2D eigenvalue weighted by atomic mass is 35.5. The zero-order valence-electron chi connectivity index (χ0n) is 18.9. The molecule has 0 spiro atoms. The minimum absolute atomic E-state index is 0.169. The molecule has 0 bridgehead atoms. The van der Waals surface area contributed by atoms with Gasteiger partial charge in [0, 0.05) is 21.4 Å². The zero-order valence-corrected chi connectivity index (χ0v) is 20.4. The predicted molar refractivity (Wildman–Crippen MR) is 132 cm³/mol. The molecule has 1 aliphatic heterocycles. The number of urea groups is 1. The number of methoxy groups -OCH3 is 1. The lowest BCUT2D eigenvalue weighted by Gasteiger charge is -2.27. The number of nitrogens with zero attached hydrogens (tertiary/aromatic N) is 2. The third-order valence-corrected chi connectivity index (χ3v) is 6.38. The molecule has 2 aromatic carbocycles. The van der Waals surface area contributed by atoms with Gasteiger partial charge in [0.05, 0.1) is 18.5 Å². The standard InChI is InChI=1S/C25H21Cl2N3O4/c1-13-10-16(15(3)29(13)21-12-17(26)8-9-22(21)34-4)11-18-23(31)28-25(33)30(24(18)32)20-7-5-6-19(27)14(20)2/h5-12H,1-4H3,(H,28,31,33)/b18-11+. The first-order valence-corrected chi connectivity index (χ1v) is 11.1. The molecule has 2 heterocycles. The fraction of sp³-hybridized carbons (Fsp3) is 0.160. The van der Waals surface area contributed by atoms with Crippen LogP contribution in [0.2, 0.25) is 10.0 Å². The first-order valence-electron chi connectivity index (χ1n) is 10.3. The van der Waals surface area contributed by atoms with Gasteiger partial charge in [-0.1, -0.05) is 29.3 Å². The number of benzene rings is 2. The number of hydrogen-bond donors (Lipinski definition) is 1. The number of aryl methyl sites for hydroxylation is 1. The Morgan fingerprint density at radius 2 is 1.71 bits per heavy atom. The van der Waals surface area contributed by atoms with Gasteiger partial charge in [0.2, 0.25) is 0 Å². The lowest BCUT2D eigenvalue weighted by atomic mass is 10.1. The summed E-state index contributed by atoms with van der Waals surface area (Å²) in [5.41, 5.74) is 3.64. The largest absolute Gasteiger partial charge is 0.495 e. The number of barbiturate groups is 1. The Kier molecular flexibility index (Phi) is 6.25. The van der Waals surface area contributed by atoms with Crippen LogP contribution in [0.3, 0.4) is 0 Å². The summed E-state index contributed by atoms with van der Waals surface area (Å²) >= 11 is 12.4. The van der Waals surface area contributed by atoms with Crippen LogP contribution in [0.15, 0.2) is 48.0 Å². The summed E-state index contributed by atoms with van der Waals surface area (Å²) < 4.78 is 7.41. The Hall–Kier alpha value is -3.55. The molecule has 34 heavy (non-hydrogen) atoms. The first-order chi connectivity index (χ1) is 16.1. The van der Waals surface area contributed by atoms with Gasteiger partial charge < -0.3 is 9.30 Å². The predicted octanol–water partition coefficient (Wildman–Crippen LogP) is 5.38. The lowest BCUT2D eigenvalue weighted by molar-refractivity contribution is -0.122. The van der Waals surface area contributed by atoms with Gasteiger partial charge in [-0.2, -0.15) is 0 Å². The van der Waals surface area contributed by atoms with Crippen molar-refractivity contribution in [2.45, 2.75) is 20.8 Å². The van der Waals surface area contributed by atoms with E-state index in [1.54, 1.807) is 50.4 Å². The Balaban J connectivity index is 1.82. The van der Waals surface area contributed by atoms with Crippen LogP contribution in [-0.2, 0) is 9.59 Å². The van der Waals surface area contributed by atoms with Crippen LogP contribution in [0.25, 0.3) is 11.8 Å². The van der Waals surface area contributed by atoms with Crippen LogP contribution >= 0.6 is 23.2 Å². The molecule has 9 heteroatoms. The number of ether oxygens (including phenoxy) is 1. The van der Waals surface area contributed by atoms with Gasteiger partial charge in [-0.3, -0.25) is 14.9 Å². The molecule has 1 N–H and O–H groups in total. The van der Waals surface area contributed by atoms with E-state index in [1.165, 1.54) is 6.08 Å². The van der Waals surface area contributed by atoms with Crippen LogP contribution < -0.4 is 15.0 Å². The van der Waals surface area contributed by atoms with Crippen molar-refractivity contribution in [2.24, 2.45) is 0 Å². The van der Waals surface area contributed by atoms with E-state index < -0.39 is 17.8 Å². The number of aromatic nitrogens is 1. The number of hydrogen-bond acceptors (Lipinski definition) is 4. The number of imide groups is 2. The van der Waals surface area contributed by atoms with Crippen molar-refractivity contribution in [1.29, 1.82) is 0 Å². The van der Waals surface area contributed by atoms with Crippen molar-refractivity contribution in [3.8, 4) is 11.4 Å². The number of nitrogens with one attached hydrogen (secondary N) is 1. The molecule has 0 unspecified atom stereocenters. The van der Waals surface area contributed by atoms with Gasteiger partial charge in [-0.15, -0.1) is 0 Å². The second-order valence-electron chi connectivity index (χ2n) is 7.82. The molecule has 0 aliphatic carbocycles. The maximum Gasteiger partial charge on any atom is 0.335 e. The summed E-state index contributed by atoms with van der Waals surface area (Å²) in [4.78, 5) is 39.5. The third-order valence-electron chi connectivity index (χ3n) is 5.73. The lowest BCUT2D eigenvalue weighted by Crippen LogP contribution is -2.54. The molecule has 1 fully saturated rings. The van der Waals surface area contributed by atoms with Gasteiger partial charge in [0.15, 0.2) is 0 Å². The fourth-order valence-corrected chi connectivity index (χ4v) is 4.35. The summed E-state index contributed by atoms with van der Waals surface area (Å²) in [6, 6.07) is 11.2. The number of halogens is 2. The Bertz CT molecular complexity index is 1390. The van der Waals surface area contributed by atoms with Crippen molar-refractivity contribution in [1.82, 2.24) is 9.88 Å². The Morgan fingerprint density at radius 1 is 0.971 bits per heavy atom. The highest BCUT2D eigenvalue weighted by molar-refractivity contribution is 6.40. The molecule has 3 aromatic rings. The quantitative estimate of drug-likeness (QED) is 0.387. The summed E-state index contributed by atoms with van der Waals surface area (Å²) in [6.07, 6.45) is 1.48. The number of rotatable bonds is 4. The number of amides is 4. The smallest absolute Gasteiger partial charge is 0.335 e. The summed E-state index contributed by atoms with van der Waals surface area (Å²) in [5, 5.41) is 3.19. The highest BCUT2D eigenvalue weighted by Crippen LogP contribution is 2.33. The van der Waals surface area contributed by atoms with Crippen LogP contribution in [0.5, 0.6) is 5.75 Å². The van der Waals surface area contributed by atoms with E-state index in [-0.39, 0.29) is 5.57 Å². The number of carbonyl (C=O) groups is 3. The van der Waals surface area contributed by atoms with E-state index in [9.17, 15) is 14.4 Å². The maximum atomic E-state index is 13.3. The normalized spacial score (nSPS) is 15.2. The van der Waals surface area contributed by atoms with E-state index >= 15 is 0 Å². The van der Waals surface area contributed by atoms with Crippen LogP contribution in [-0.4, -0.2) is 29.5 Å². The topological polar surface area (TPSA) is 80.6 Å².